The SMILES string of the molecule is Cc1cccc(-c2ccc(-c3c4ccccc4c(-c4ccc5ccccc5c4)c4ccccc34)cc2)c1. The van der Waals surface area contributed by atoms with Crippen molar-refractivity contribution < 1.29 is 0 Å². The summed E-state index contributed by atoms with van der Waals surface area (Å²) in [4.78, 5) is 0. The first-order valence-electron chi connectivity index (χ1n) is 12.9. The van der Waals surface area contributed by atoms with Gasteiger partial charge in [-0.25, -0.2) is 0 Å². The average Bonchev–Trinajstić information content (AvgIpc) is 2.96. The summed E-state index contributed by atoms with van der Waals surface area (Å²) in [6.07, 6.45) is 0. The van der Waals surface area contributed by atoms with Crippen LogP contribution < -0.4 is 0 Å². The van der Waals surface area contributed by atoms with E-state index < -0.39 is 0 Å². The Bertz CT molecular complexity index is 1870. The molecule has 7 aromatic carbocycles. The quantitative estimate of drug-likeness (QED) is 0.225. The minimum Gasteiger partial charge on any atom is -0.0616 e. The summed E-state index contributed by atoms with van der Waals surface area (Å²) < 4.78 is 0. The van der Waals surface area contributed by atoms with Crippen LogP contribution in [0.25, 0.3) is 65.7 Å². The third-order valence-corrected chi connectivity index (χ3v) is 7.49. The molecule has 0 amide bonds. The molecule has 0 heterocycles. The third kappa shape index (κ3) is 3.70. The molecule has 0 saturated carbocycles. The summed E-state index contributed by atoms with van der Waals surface area (Å²) in [6, 6.07) is 51.0. The van der Waals surface area contributed by atoms with Crippen LogP contribution in [0.2, 0.25) is 0 Å². The van der Waals surface area contributed by atoms with E-state index in [9.17, 15) is 0 Å². The fraction of sp³-hybridized carbons (Fsp3) is 0.0270. The van der Waals surface area contributed by atoms with Crippen LogP contribution in [-0.2, 0) is 0 Å². The van der Waals surface area contributed by atoms with Crippen molar-refractivity contribution in [1.29, 1.82) is 0 Å². The van der Waals surface area contributed by atoms with Gasteiger partial charge in [0.05, 0.1) is 0 Å². The molecule has 0 heteroatoms. The zero-order valence-electron chi connectivity index (χ0n) is 20.8. The van der Waals surface area contributed by atoms with Crippen LogP contribution in [0.15, 0.2) is 140 Å². The minimum atomic E-state index is 1.24. The highest BCUT2D eigenvalue weighted by Gasteiger charge is 2.16. The normalized spacial score (nSPS) is 11.4. The second-order valence-electron chi connectivity index (χ2n) is 9.85. The average molecular weight is 471 g/mol. The van der Waals surface area contributed by atoms with Gasteiger partial charge in [0.1, 0.15) is 0 Å². The molecule has 0 unspecified atom stereocenters. The predicted molar refractivity (Wildman–Crippen MR) is 160 cm³/mol. The lowest BCUT2D eigenvalue weighted by Gasteiger charge is -2.18. The fourth-order valence-corrected chi connectivity index (χ4v) is 5.75. The van der Waals surface area contributed by atoms with Crippen molar-refractivity contribution in [3.8, 4) is 33.4 Å². The van der Waals surface area contributed by atoms with Gasteiger partial charge >= 0.3 is 0 Å². The molecule has 0 nitrogen and oxygen atoms in total. The second kappa shape index (κ2) is 8.76. The molecule has 174 valence electrons. The predicted octanol–water partition coefficient (Wildman–Crippen LogP) is 10.5. The molecule has 7 aromatic rings. The fourth-order valence-electron chi connectivity index (χ4n) is 5.75. The summed E-state index contributed by atoms with van der Waals surface area (Å²) in [5.41, 5.74) is 8.88. The molecule has 0 aliphatic rings. The summed E-state index contributed by atoms with van der Waals surface area (Å²) >= 11 is 0. The minimum absolute atomic E-state index is 1.24. The van der Waals surface area contributed by atoms with Gasteiger partial charge in [-0.1, -0.05) is 139 Å². The molecule has 7 rings (SSSR count). The highest BCUT2D eigenvalue weighted by molar-refractivity contribution is 6.21. The van der Waals surface area contributed by atoms with Crippen LogP contribution in [0.4, 0.5) is 0 Å². The largest absolute Gasteiger partial charge is 0.0616 e. The molecule has 0 saturated heterocycles. The Hall–Kier alpha value is -4.68. The molecule has 37 heavy (non-hydrogen) atoms. The highest BCUT2D eigenvalue weighted by Crippen LogP contribution is 2.44. The zero-order chi connectivity index (χ0) is 24.8. The van der Waals surface area contributed by atoms with Crippen LogP contribution >= 0.6 is 0 Å². The van der Waals surface area contributed by atoms with Gasteiger partial charge in [0.2, 0.25) is 0 Å². The van der Waals surface area contributed by atoms with Crippen molar-refractivity contribution >= 4 is 32.3 Å². The second-order valence-corrected chi connectivity index (χ2v) is 9.85. The Balaban J connectivity index is 1.49. The number of fused-ring (bicyclic) bond motifs is 3. The van der Waals surface area contributed by atoms with Crippen LogP contribution in [0.5, 0.6) is 0 Å². The highest BCUT2D eigenvalue weighted by atomic mass is 14.2. The number of hydrogen-bond donors (Lipinski definition) is 0. The van der Waals surface area contributed by atoms with Gasteiger partial charge in [-0.3, -0.25) is 0 Å². The zero-order valence-corrected chi connectivity index (χ0v) is 20.8. The first-order valence-corrected chi connectivity index (χ1v) is 12.9. The number of aryl methyl sites for hydroxylation is 1. The molecule has 0 N–H and O–H groups in total. The van der Waals surface area contributed by atoms with E-state index in [0.29, 0.717) is 0 Å². The molecule has 0 bridgehead atoms. The summed E-state index contributed by atoms with van der Waals surface area (Å²) in [6.45, 7) is 2.15. The number of benzene rings is 7. The Labute approximate surface area is 217 Å². The van der Waals surface area contributed by atoms with Crippen molar-refractivity contribution in [2.45, 2.75) is 6.92 Å². The Kier molecular flexibility index (Phi) is 5.11. The van der Waals surface area contributed by atoms with E-state index >= 15 is 0 Å². The van der Waals surface area contributed by atoms with E-state index in [1.54, 1.807) is 0 Å². The van der Waals surface area contributed by atoms with Crippen LogP contribution in [0.3, 0.4) is 0 Å². The van der Waals surface area contributed by atoms with Crippen molar-refractivity contribution in [3.63, 3.8) is 0 Å². The van der Waals surface area contributed by atoms with Crippen molar-refractivity contribution in [2.75, 3.05) is 0 Å². The first kappa shape index (κ1) is 21.6. The lowest BCUT2D eigenvalue weighted by molar-refractivity contribution is 1.47. The molecule has 0 radical (unpaired) electrons. The molecular weight excluding hydrogens is 444 g/mol. The topological polar surface area (TPSA) is 0 Å². The van der Waals surface area contributed by atoms with Crippen LogP contribution in [0, 0.1) is 6.92 Å². The number of rotatable bonds is 3. The maximum atomic E-state index is 2.33. The monoisotopic (exact) mass is 470 g/mol. The standard InChI is InChI=1S/C37H26/c1-25-9-8-12-29(23-25)27-17-20-28(21-18-27)36-32-13-4-6-15-34(32)37(35-16-7-5-14-33(35)36)31-22-19-26-10-2-3-11-30(26)24-31/h2-24H,1H3. The maximum Gasteiger partial charge on any atom is -0.00262 e. The Morgan fingerprint density at radius 2 is 0.838 bits per heavy atom. The van der Waals surface area contributed by atoms with Gasteiger partial charge in [0.25, 0.3) is 0 Å². The molecule has 0 aliphatic carbocycles. The maximum absolute atomic E-state index is 2.33. The summed E-state index contributed by atoms with van der Waals surface area (Å²) in [5, 5.41) is 7.68. The molecule has 0 fully saturated rings. The molecule has 0 aromatic heterocycles. The van der Waals surface area contributed by atoms with Gasteiger partial charge in [-0.05, 0) is 78.7 Å². The number of hydrogen-bond acceptors (Lipinski definition) is 0. The van der Waals surface area contributed by atoms with E-state index in [4.69, 9.17) is 0 Å². The Morgan fingerprint density at radius 1 is 0.324 bits per heavy atom. The van der Waals surface area contributed by atoms with E-state index in [-0.39, 0.29) is 0 Å². The summed E-state index contributed by atoms with van der Waals surface area (Å²) in [5.74, 6) is 0. The van der Waals surface area contributed by atoms with E-state index in [1.807, 2.05) is 0 Å². The van der Waals surface area contributed by atoms with Crippen molar-refractivity contribution in [3.05, 3.63) is 145 Å². The van der Waals surface area contributed by atoms with Gasteiger partial charge in [0.15, 0.2) is 0 Å². The third-order valence-electron chi connectivity index (χ3n) is 7.49. The van der Waals surface area contributed by atoms with Gasteiger partial charge in [-0.15, -0.1) is 0 Å². The molecule has 0 atom stereocenters. The molecular formula is C37H26. The smallest absolute Gasteiger partial charge is 0.00262 e. The molecule has 0 aliphatic heterocycles. The van der Waals surface area contributed by atoms with Crippen molar-refractivity contribution in [2.24, 2.45) is 0 Å². The van der Waals surface area contributed by atoms with Gasteiger partial charge in [-0.2, -0.15) is 0 Å². The van der Waals surface area contributed by atoms with Crippen LogP contribution in [-0.4, -0.2) is 0 Å². The van der Waals surface area contributed by atoms with Gasteiger partial charge < -0.3 is 0 Å². The first-order chi connectivity index (χ1) is 18.3. The van der Waals surface area contributed by atoms with E-state index in [0.717, 1.165) is 0 Å². The van der Waals surface area contributed by atoms with Crippen LogP contribution in [0.1, 0.15) is 5.56 Å². The molecule has 0 spiro atoms. The van der Waals surface area contributed by atoms with Crippen molar-refractivity contribution in [1.82, 2.24) is 0 Å². The lowest BCUT2D eigenvalue weighted by atomic mass is 9.85. The summed E-state index contributed by atoms with van der Waals surface area (Å²) in [7, 11) is 0. The van der Waals surface area contributed by atoms with E-state index in [2.05, 4.69) is 146 Å². The Morgan fingerprint density at radius 3 is 1.46 bits per heavy atom. The lowest BCUT2D eigenvalue weighted by Crippen LogP contribution is -1.91. The van der Waals surface area contributed by atoms with E-state index in [1.165, 1.54) is 71.3 Å². The van der Waals surface area contributed by atoms with Gasteiger partial charge in [0, 0.05) is 0 Å².